The van der Waals surface area contributed by atoms with Gasteiger partial charge in [0.05, 0.1) is 11.3 Å². The summed E-state index contributed by atoms with van der Waals surface area (Å²) in [7, 11) is 0. The first kappa shape index (κ1) is 35.3. The van der Waals surface area contributed by atoms with Gasteiger partial charge in [-0.1, -0.05) is 18.2 Å². The number of H-pyrrole nitrogens is 1. The second-order valence-corrected chi connectivity index (χ2v) is 13.4. The highest BCUT2D eigenvalue weighted by Gasteiger charge is 2.31. The minimum Gasteiger partial charge on any atom is -0.420 e. The van der Waals surface area contributed by atoms with E-state index in [0.717, 1.165) is 87.0 Å². The van der Waals surface area contributed by atoms with Crippen molar-refractivity contribution in [1.82, 2.24) is 30.3 Å². The number of piperazine rings is 1. The van der Waals surface area contributed by atoms with Crippen LogP contribution in [0.1, 0.15) is 35.2 Å². The average Bonchev–Trinajstić information content (AvgIpc) is 3.68. The molecule has 2 aromatic heterocycles. The number of aromatic nitrogens is 3. The summed E-state index contributed by atoms with van der Waals surface area (Å²) in [6, 6.07) is 17.1. The van der Waals surface area contributed by atoms with Crippen molar-refractivity contribution in [3.8, 4) is 17.0 Å². The van der Waals surface area contributed by atoms with Crippen LogP contribution in [0.15, 0.2) is 73.1 Å². The predicted molar refractivity (Wildman–Crippen MR) is 192 cm³/mol. The molecule has 3 saturated heterocycles. The number of pyridine rings is 1. The summed E-state index contributed by atoms with van der Waals surface area (Å²) < 4.78 is 30.2. The molecule has 0 spiro atoms. The largest absolute Gasteiger partial charge is 0.487 e. The number of anilines is 3. The molecule has 5 heterocycles. The Balaban J connectivity index is 0.949. The summed E-state index contributed by atoms with van der Waals surface area (Å²) in [6.07, 6.45) is 5.55. The number of imide groups is 1. The number of alkyl halides is 3. The van der Waals surface area contributed by atoms with Crippen LogP contribution in [0.4, 0.5) is 30.8 Å². The Labute approximate surface area is 303 Å². The zero-order chi connectivity index (χ0) is 36.2. The van der Waals surface area contributed by atoms with E-state index >= 15 is 0 Å². The van der Waals surface area contributed by atoms with E-state index < -0.39 is 11.5 Å². The number of rotatable bonds is 10. The fourth-order valence-corrected chi connectivity index (χ4v) is 7.15. The van der Waals surface area contributed by atoms with Gasteiger partial charge in [0.2, 0.25) is 5.91 Å². The van der Waals surface area contributed by atoms with Crippen LogP contribution in [0.5, 0.6) is 5.75 Å². The van der Waals surface area contributed by atoms with Gasteiger partial charge in [-0.15, -0.1) is 8.78 Å². The maximum absolute atomic E-state index is 13.2. The van der Waals surface area contributed by atoms with Crippen LogP contribution < -0.4 is 25.2 Å². The van der Waals surface area contributed by atoms with E-state index in [-0.39, 0.29) is 17.7 Å². The number of nitrogens with zero attached hydrogens (tertiary/aromatic N) is 6. The number of likely N-dealkylation sites (tertiary alicyclic amines) is 1. The first-order valence-electron chi connectivity index (χ1n) is 17.2. The molecule has 3 fully saturated rings. The zero-order valence-electron chi connectivity index (χ0n) is 28.2. The Morgan fingerprint density at radius 3 is 2.42 bits per heavy atom. The zero-order valence-corrected chi connectivity index (χ0v) is 29.0. The van der Waals surface area contributed by atoms with Gasteiger partial charge in [-0.25, -0.2) is 9.78 Å². The molecule has 7 rings (SSSR count). The number of urea groups is 1. The van der Waals surface area contributed by atoms with Crippen LogP contribution >= 0.6 is 11.6 Å². The minimum atomic E-state index is -3.83. The number of halogens is 3. The molecule has 13 nitrogen and oxygen atoms in total. The lowest BCUT2D eigenvalue weighted by molar-refractivity contribution is -0.120. The molecule has 16 heteroatoms. The highest BCUT2D eigenvalue weighted by molar-refractivity contribution is 6.20. The predicted octanol–water partition coefficient (Wildman–Crippen LogP) is 5.12. The maximum atomic E-state index is 13.2. The number of carbonyl (C=O) groups is 3. The molecule has 3 aliphatic heterocycles. The van der Waals surface area contributed by atoms with E-state index in [1.807, 2.05) is 24.3 Å². The average molecular weight is 734 g/mol. The smallest absolute Gasteiger partial charge is 0.420 e. The number of ether oxygens (including phenoxy) is 1. The number of amides is 4. The van der Waals surface area contributed by atoms with Gasteiger partial charge in [0.15, 0.2) is 0 Å². The van der Waals surface area contributed by atoms with Gasteiger partial charge < -0.3 is 15.0 Å². The number of carbonyl (C=O) groups excluding carboxylic acids is 3. The van der Waals surface area contributed by atoms with Crippen molar-refractivity contribution in [2.45, 2.75) is 37.4 Å². The molecule has 4 amide bonds. The Kier molecular flexibility index (Phi) is 10.3. The highest BCUT2D eigenvalue weighted by atomic mass is 35.5. The molecular weight excluding hydrogens is 696 g/mol. The number of benzene rings is 2. The topological polar surface area (TPSA) is 139 Å². The number of para-hydroxylation sites is 1. The van der Waals surface area contributed by atoms with Crippen molar-refractivity contribution in [2.75, 3.05) is 60.9 Å². The van der Waals surface area contributed by atoms with Crippen LogP contribution in [0.3, 0.4) is 0 Å². The number of hydrogen-bond acceptors (Lipinski definition) is 9. The number of aromatic amines is 1. The summed E-state index contributed by atoms with van der Waals surface area (Å²) >= 11 is 4.83. The van der Waals surface area contributed by atoms with Gasteiger partial charge in [0, 0.05) is 92.7 Å². The third kappa shape index (κ3) is 8.33. The molecule has 52 heavy (non-hydrogen) atoms. The minimum absolute atomic E-state index is 0.139. The lowest BCUT2D eigenvalue weighted by Crippen LogP contribution is -2.53. The molecular formula is C36H38ClF2N9O4. The number of piperidine rings is 1. The second-order valence-electron chi connectivity index (χ2n) is 13.0. The molecule has 0 bridgehead atoms. The Bertz CT molecular complexity index is 1890. The lowest BCUT2D eigenvalue weighted by atomic mass is 10.0. The van der Waals surface area contributed by atoms with Crippen molar-refractivity contribution in [3.63, 3.8) is 0 Å². The molecule has 3 aliphatic rings. The summed E-state index contributed by atoms with van der Waals surface area (Å²) in [5, 5.41) is 12.3. The molecule has 0 radical (unpaired) electrons. The van der Waals surface area contributed by atoms with Crippen LogP contribution in [0.2, 0.25) is 0 Å². The van der Waals surface area contributed by atoms with Gasteiger partial charge in [-0.05, 0) is 74.0 Å². The van der Waals surface area contributed by atoms with Crippen LogP contribution in [0, 0.1) is 0 Å². The van der Waals surface area contributed by atoms with Crippen molar-refractivity contribution in [1.29, 1.82) is 0 Å². The summed E-state index contributed by atoms with van der Waals surface area (Å²) in [4.78, 5) is 51.0. The van der Waals surface area contributed by atoms with Crippen molar-refractivity contribution in [3.05, 3.63) is 84.2 Å². The van der Waals surface area contributed by atoms with Gasteiger partial charge in [-0.3, -0.25) is 34.7 Å². The van der Waals surface area contributed by atoms with Crippen LogP contribution in [-0.2, 0) is 11.3 Å². The molecule has 4 aromatic rings. The maximum Gasteiger partial charge on any atom is 0.487 e. The van der Waals surface area contributed by atoms with E-state index in [1.54, 1.807) is 17.2 Å². The van der Waals surface area contributed by atoms with Crippen molar-refractivity contribution in [2.24, 2.45) is 0 Å². The van der Waals surface area contributed by atoms with Crippen LogP contribution in [0.25, 0.3) is 11.3 Å². The van der Waals surface area contributed by atoms with Crippen LogP contribution in [-0.4, -0.2) is 100 Å². The second kappa shape index (κ2) is 15.2. The molecule has 0 unspecified atom stereocenters. The van der Waals surface area contributed by atoms with Crippen molar-refractivity contribution >= 4 is 46.6 Å². The molecule has 272 valence electrons. The Morgan fingerprint density at radius 1 is 0.981 bits per heavy atom. The third-order valence-electron chi connectivity index (χ3n) is 9.68. The van der Waals surface area contributed by atoms with E-state index in [2.05, 4.69) is 46.3 Å². The first-order valence-corrected chi connectivity index (χ1v) is 17.5. The monoisotopic (exact) mass is 733 g/mol. The highest BCUT2D eigenvalue weighted by Crippen LogP contribution is 2.32. The van der Waals surface area contributed by atoms with Gasteiger partial charge in [0.1, 0.15) is 11.6 Å². The first-order chi connectivity index (χ1) is 25.1. The van der Waals surface area contributed by atoms with E-state index in [9.17, 15) is 23.2 Å². The lowest BCUT2D eigenvalue weighted by Gasteiger charge is -2.43. The third-order valence-corrected chi connectivity index (χ3v) is 9.76. The fourth-order valence-electron chi connectivity index (χ4n) is 7.07. The fraction of sp³-hybridized carbons (Fsp3) is 0.361. The van der Waals surface area contributed by atoms with E-state index in [1.165, 1.54) is 30.5 Å². The molecule has 0 saturated carbocycles. The Hall–Kier alpha value is -5.12. The van der Waals surface area contributed by atoms with Gasteiger partial charge >= 0.3 is 11.6 Å². The summed E-state index contributed by atoms with van der Waals surface area (Å²) in [5.41, 5.74) is 0.276. The standard InChI is InChI=1S/C36H38ClF2N9O4/c37-36(38,39)52-28-7-5-26(6-8-28)42-34(50)25-21-29(30-9-13-41-44-30)33(40-22-25)47-19-17-46(18-20-47)27-10-14-45(15-11-27)23-24-3-1-2-4-31(24)48-16-12-32(49)43-35(48)51/h1-9,13,21-22,27H,10-12,14-20,23H2,(H,41,44)(H,42,50)(H,43,49,51). The molecule has 0 atom stereocenters. The number of nitrogens with one attached hydrogen (secondary N) is 3. The molecule has 0 aliphatic carbocycles. The Morgan fingerprint density at radius 2 is 1.73 bits per heavy atom. The molecule has 2 aromatic carbocycles. The summed E-state index contributed by atoms with van der Waals surface area (Å²) in [6.45, 7) is 6.29. The SMILES string of the molecule is O=C1CCN(c2ccccc2CN2CCC(N3CCN(c4ncc(C(=O)Nc5ccc(OC(F)(F)Cl)cc5)cc4-c4ccn[nH]4)CC3)CC2)C(=O)N1. The normalized spacial score (nSPS) is 18.0. The van der Waals surface area contributed by atoms with Gasteiger partial charge in [0.25, 0.3) is 5.91 Å². The quantitative estimate of drug-likeness (QED) is 0.190. The summed E-state index contributed by atoms with van der Waals surface area (Å²) in [5.74, 6) is -0.0385. The number of hydrogen-bond donors (Lipinski definition) is 3. The molecule has 3 N–H and O–H groups in total. The van der Waals surface area contributed by atoms with Gasteiger partial charge in [-0.2, -0.15) is 5.10 Å². The van der Waals surface area contributed by atoms with E-state index in [0.29, 0.717) is 30.3 Å². The van der Waals surface area contributed by atoms with Crippen molar-refractivity contribution < 1.29 is 27.9 Å². The van der Waals surface area contributed by atoms with E-state index in [4.69, 9.17) is 16.6 Å².